The summed E-state index contributed by atoms with van der Waals surface area (Å²) in [5, 5.41) is 12.9. The average Bonchev–Trinajstić information content (AvgIpc) is 3.25. The van der Waals surface area contributed by atoms with Crippen molar-refractivity contribution in [3.8, 4) is 11.5 Å². The van der Waals surface area contributed by atoms with Crippen molar-refractivity contribution >= 4 is 34.9 Å². The molecule has 0 unspecified atom stereocenters. The third-order valence-corrected chi connectivity index (χ3v) is 6.91. The van der Waals surface area contributed by atoms with Crippen LogP contribution in [0, 0.1) is 0 Å². The molecule has 0 fully saturated rings. The van der Waals surface area contributed by atoms with Gasteiger partial charge in [-0.3, -0.25) is 14.4 Å². The van der Waals surface area contributed by atoms with Crippen molar-refractivity contribution in [2.45, 2.75) is 45.3 Å². The quantitative estimate of drug-likeness (QED) is 0.316. The van der Waals surface area contributed by atoms with Gasteiger partial charge in [0.25, 0.3) is 11.8 Å². The molecular formula is C26H31N5O5S. The molecular weight excluding hydrogens is 494 g/mol. The predicted molar refractivity (Wildman–Crippen MR) is 141 cm³/mol. The van der Waals surface area contributed by atoms with Gasteiger partial charge in [-0.15, -0.1) is 0 Å². The second kappa shape index (κ2) is 11.3. The van der Waals surface area contributed by atoms with E-state index in [0.29, 0.717) is 23.3 Å². The molecule has 0 aliphatic carbocycles. The molecule has 0 aliphatic heterocycles. The number of anilines is 1. The molecule has 0 spiro atoms. The number of nitrogens with one attached hydrogen (secondary N) is 1. The molecule has 196 valence electrons. The Morgan fingerprint density at radius 1 is 1.16 bits per heavy atom. The molecule has 1 heterocycles. The van der Waals surface area contributed by atoms with E-state index in [-0.39, 0.29) is 28.6 Å². The van der Waals surface area contributed by atoms with Gasteiger partial charge in [-0.05, 0) is 55.6 Å². The minimum Gasteiger partial charge on any atom is -0.508 e. The van der Waals surface area contributed by atoms with E-state index in [1.54, 1.807) is 36.4 Å². The Balaban J connectivity index is 2.20. The largest absolute Gasteiger partial charge is 0.508 e. The molecule has 2 aromatic carbocycles. The molecule has 0 saturated carbocycles. The van der Waals surface area contributed by atoms with Gasteiger partial charge in [0, 0.05) is 11.1 Å². The van der Waals surface area contributed by atoms with Gasteiger partial charge in [0.05, 0.1) is 19.3 Å². The molecule has 3 aromatic rings. The number of nitrogens with zero attached hydrogens (tertiary/aromatic N) is 2. The summed E-state index contributed by atoms with van der Waals surface area (Å²) in [7, 11) is 1.51. The third kappa shape index (κ3) is 6.18. The van der Waals surface area contributed by atoms with Gasteiger partial charge in [0.15, 0.2) is 5.69 Å². The Hall–Kier alpha value is -4.12. The van der Waals surface area contributed by atoms with E-state index in [0.717, 1.165) is 11.5 Å². The van der Waals surface area contributed by atoms with Crippen molar-refractivity contribution in [1.29, 1.82) is 0 Å². The summed E-state index contributed by atoms with van der Waals surface area (Å²) in [5.41, 5.74) is 11.6. The van der Waals surface area contributed by atoms with E-state index in [9.17, 15) is 19.5 Å². The SMILES string of the molecule is CCC(C)(C)NC(=O)[C@H](c1ccc(O)cc1)N(Cc1ccccc1OC)C(=O)c1snc(C(N)=O)c1N. The number of rotatable bonds is 10. The van der Waals surface area contributed by atoms with Crippen LogP contribution in [0.15, 0.2) is 48.5 Å². The number of ether oxygens (including phenoxy) is 1. The third-order valence-electron chi connectivity index (χ3n) is 6.06. The number of methoxy groups -OCH3 is 1. The Bertz CT molecular complexity index is 1290. The fourth-order valence-electron chi connectivity index (χ4n) is 3.68. The number of nitrogens with two attached hydrogens (primary N) is 2. The Labute approximate surface area is 219 Å². The first-order valence-electron chi connectivity index (χ1n) is 11.6. The van der Waals surface area contributed by atoms with E-state index in [4.69, 9.17) is 16.2 Å². The highest BCUT2D eigenvalue weighted by atomic mass is 32.1. The number of phenolic OH excluding ortho intramolecular Hbond substituents is 1. The summed E-state index contributed by atoms with van der Waals surface area (Å²) < 4.78 is 9.44. The first kappa shape index (κ1) is 27.5. The number of primary amides is 1. The van der Waals surface area contributed by atoms with Crippen LogP contribution in [0.4, 0.5) is 5.69 Å². The highest BCUT2D eigenvalue weighted by molar-refractivity contribution is 7.09. The topological polar surface area (TPSA) is 161 Å². The second-order valence-corrected chi connectivity index (χ2v) is 9.88. The highest BCUT2D eigenvalue weighted by Gasteiger charge is 2.37. The zero-order valence-electron chi connectivity index (χ0n) is 21.1. The monoisotopic (exact) mass is 525 g/mol. The van der Waals surface area contributed by atoms with Crippen molar-refractivity contribution in [2.24, 2.45) is 5.73 Å². The van der Waals surface area contributed by atoms with E-state index >= 15 is 0 Å². The summed E-state index contributed by atoms with van der Waals surface area (Å²) in [6.45, 7) is 5.67. The number of nitrogen functional groups attached to an aromatic ring is 1. The van der Waals surface area contributed by atoms with Crippen molar-refractivity contribution < 1.29 is 24.2 Å². The number of hydrogen-bond acceptors (Lipinski definition) is 8. The number of para-hydroxylation sites is 1. The van der Waals surface area contributed by atoms with Crippen LogP contribution < -0.4 is 21.5 Å². The lowest BCUT2D eigenvalue weighted by atomic mass is 9.98. The molecule has 0 aliphatic rings. The molecule has 0 bridgehead atoms. The first-order valence-corrected chi connectivity index (χ1v) is 12.3. The zero-order valence-corrected chi connectivity index (χ0v) is 22.0. The Morgan fingerprint density at radius 3 is 2.38 bits per heavy atom. The molecule has 3 amide bonds. The van der Waals surface area contributed by atoms with Crippen molar-refractivity contribution in [3.63, 3.8) is 0 Å². The molecule has 0 radical (unpaired) electrons. The molecule has 6 N–H and O–H groups in total. The number of amides is 3. The van der Waals surface area contributed by atoms with Crippen LogP contribution in [0.1, 0.15) is 64.5 Å². The second-order valence-electron chi connectivity index (χ2n) is 9.10. The lowest BCUT2D eigenvalue weighted by molar-refractivity contribution is -0.127. The maximum Gasteiger partial charge on any atom is 0.270 e. The minimum absolute atomic E-state index is 0.0113. The van der Waals surface area contributed by atoms with E-state index in [1.165, 1.54) is 24.1 Å². The molecule has 11 heteroatoms. The number of aromatic hydroxyl groups is 1. The van der Waals surface area contributed by atoms with Crippen LogP contribution in [0.3, 0.4) is 0 Å². The van der Waals surface area contributed by atoms with Crippen LogP contribution in [-0.2, 0) is 11.3 Å². The summed E-state index contributed by atoms with van der Waals surface area (Å²) in [5.74, 6) is -1.37. The molecule has 1 atom stereocenters. The van der Waals surface area contributed by atoms with Gasteiger partial charge in [0.1, 0.15) is 22.4 Å². The van der Waals surface area contributed by atoms with Gasteiger partial charge in [-0.1, -0.05) is 37.3 Å². The molecule has 37 heavy (non-hydrogen) atoms. The summed E-state index contributed by atoms with van der Waals surface area (Å²) >= 11 is 0.736. The molecule has 10 nitrogen and oxygen atoms in total. The normalized spacial score (nSPS) is 12.0. The van der Waals surface area contributed by atoms with Crippen LogP contribution >= 0.6 is 11.5 Å². The van der Waals surface area contributed by atoms with Crippen molar-refractivity contribution in [1.82, 2.24) is 14.6 Å². The smallest absolute Gasteiger partial charge is 0.270 e. The van der Waals surface area contributed by atoms with Crippen LogP contribution in [0.5, 0.6) is 11.5 Å². The van der Waals surface area contributed by atoms with Gasteiger partial charge in [0.2, 0.25) is 5.91 Å². The number of aromatic nitrogens is 1. The molecule has 1 aromatic heterocycles. The van der Waals surface area contributed by atoms with Gasteiger partial charge in [-0.2, -0.15) is 4.37 Å². The lowest BCUT2D eigenvalue weighted by Gasteiger charge is -2.34. The van der Waals surface area contributed by atoms with E-state index in [2.05, 4.69) is 9.69 Å². The van der Waals surface area contributed by atoms with Gasteiger partial charge in [-0.25, -0.2) is 0 Å². The highest BCUT2D eigenvalue weighted by Crippen LogP contribution is 2.33. The van der Waals surface area contributed by atoms with Gasteiger partial charge >= 0.3 is 0 Å². The average molecular weight is 526 g/mol. The van der Waals surface area contributed by atoms with Crippen LogP contribution in [0.2, 0.25) is 0 Å². The standard InChI is InChI=1S/C26H31N5O5S/c1-5-26(2,3)29-24(34)21(15-10-12-17(32)13-11-15)31(14-16-8-6-7-9-18(16)36-4)25(35)22-19(27)20(23(28)33)30-37-22/h6-13,21,32H,5,14,27H2,1-4H3,(H2,28,33)(H,29,34)/t21-/m0/s1. The van der Waals surface area contributed by atoms with E-state index < -0.39 is 29.3 Å². The number of hydrogen-bond donors (Lipinski definition) is 4. The lowest BCUT2D eigenvalue weighted by Crippen LogP contribution is -2.50. The minimum atomic E-state index is -1.12. The number of carbonyl (C=O) groups is 3. The molecule has 0 saturated heterocycles. The fraction of sp³-hybridized carbons (Fsp3) is 0.308. The van der Waals surface area contributed by atoms with Crippen molar-refractivity contribution in [3.05, 3.63) is 70.2 Å². The van der Waals surface area contributed by atoms with E-state index in [1.807, 2.05) is 20.8 Å². The predicted octanol–water partition coefficient (Wildman–Crippen LogP) is 3.23. The Morgan fingerprint density at radius 2 is 1.81 bits per heavy atom. The number of phenols is 1. The number of benzene rings is 2. The fourth-order valence-corrected chi connectivity index (χ4v) is 4.44. The first-order chi connectivity index (χ1) is 17.5. The van der Waals surface area contributed by atoms with Gasteiger partial charge < -0.3 is 31.5 Å². The van der Waals surface area contributed by atoms with Crippen LogP contribution in [-0.4, -0.2) is 44.8 Å². The maximum absolute atomic E-state index is 14.0. The summed E-state index contributed by atoms with van der Waals surface area (Å²) in [6, 6.07) is 12.0. The maximum atomic E-state index is 14.0. The molecule has 3 rings (SSSR count). The Kier molecular flexibility index (Phi) is 8.38. The van der Waals surface area contributed by atoms with Crippen molar-refractivity contribution in [2.75, 3.05) is 12.8 Å². The summed E-state index contributed by atoms with van der Waals surface area (Å²) in [6.07, 6.45) is 0.644. The zero-order chi connectivity index (χ0) is 27.3. The number of carbonyl (C=O) groups excluding carboxylic acids is 3. The van der Waals surface area contributed by atoms with Crippen LogP contribution in [0.25, 0.3) is 0 Å². The summed E-state index contributed by atoms with van der Waals surface area (Å²) in [4.78, 5) is 40.9.